The Hall–Kier alpha value is -0.520. The monoisotopic (exact) mass is 349 g/mol. The average Bonchev–Trinajstić information content (AvgIpc) is 2.84. The Morgan fingerprint density at radius 1 is 1.29 bits per heavy atom. The number of carbonyl (C=O) groups is 1. The van der Waals surface area contributed by atoms with Crippen molar-refractivity contribution in [2.75, 3.05) is 11.0 Å². The third-order valence-corrected chi connectivity index (χ3v) is 3.32. The van der Waals surface area contributed by atoms with Crippen molar-refractivity contribution in [1.82, 2.24) is 5.32 Å². The van der Waals surface area contributed by atoms with Crippen molar-refractivity contribution >= 4 is 28.5 Å². The van der Waals surface area contributed by atoms with E-state index in [2.05, 4.69) is 27.9 Å². The van der Waals surface area contributed by atoms with E-state index in [0.717, 1.165) is 18.7 Å². The number of halogens is 1. The average molecular weight is 349 g/mol. The number of aryl methyl sites for hydroxylation is 1. The summed E-state index contributed by atoms with van der Waals surface area (Å²) in [5, 5.41) is 2.94. The molecule has 1 aromatic heterocycles. The van der Waals surface area contributed by atoms with Gasteiger partial charge < -0.3 is 9.73 Å². The lowest BCUT2D eigenvalue weighted by molar-refractivity contribution is -0.121. The van der Waals surface area contributed by atoms with Crippen LogP contribution in [0.25, 0.3) is 0 Å². The molecule has 0 aliphatic carbocycles. The van der Waals surface area contributed by atoms with E-state index in [1.165, 1.54) is 23.7 Å². The van der Waals surface area contributed by atoms with Crippen LogP contribution in [-0.2, 0) is 11.2 Å². The van der Waals surface area contributed by atoms with Gasteiger partial charge in [-0.3, -0.25) is 4.79 Å². The molecule has 1 aromatic rings. The minimum atomic E-state index is 0.121. The van der Waals surface area contributed by atoms with Gasteiger partial charge in [-0.15, -0.1) is 0 Å². The van der Waals surface area contributed by atoms with E-state index in [4.69, 9.17) is 4.42 Å². The lowest BCUT2D eigenvalue weighted by Gasteiger charge is -2.04. The highest BCUT2D eigenvalue weighted by Crippen LogP contribution is 2.04. The number of furan rings is 1. The quantitative estimate of drug-likeness (QED) is 0.422. The summed E-state index contributed by atoms with van der Waals surface area (Å²) in [6.07, 6.45) is 7.69. The second-order valence-electron chi connectivity index (χ2n) is 4.03. The van der Waals surface area contributed by atoms with Gasteiger partial charge in [-0.2, -0.15) is 0 Å². The van der Waals surface area contributed by atoms with Crippen molar-refractivity contribution in [3.05, 3.63) is 24.2 Å². The first-order chi connectivity index (χ1) is 8.33. The molecule has 1 amide bonds. The van der Waals surface area contributed by atoms with Crippen molar-refractivity contribution in [3.63, 3.8) is 0 Å². The summed E-state index contributed by atoms with van der Waals surface area (Å²) in [6.45, 7) is 0.804. The molecule has 1 N–H and O–H groups in total. The van der Waals surface area contributed by atoms with E-state index in [-0.39, 0.29) is 5.91 Å². The zero-order chi connectivity index (χ0) is 12.3. The van der Waals surface area contributed by atoms with Gasteiger partial charge in [0.1, 0.15) is 5.76 Å². The number of alkyl halides is 1. The van der Waals surface area contributed by atoms with Gasteiger partial charge in [-0.05, 0) is 29.4 Å². The van der Waals surface area contributed by atoms with E-state index in [0.29, 0.717) is 12.8 Å². The minimum absolute atomic E-state index is 0.121. The Balaban J connectivity index is 1.94. The highest BCUT2D eigenvalue weighted by atomic mass is 127. The standard InChI is InChI=1S/C13H20INO2/c14-9-3-1-2-4-10-15-13(16)8-7-12-6-5-11-17-12/h5-6,11H,1-4,7-10H2,(H,15,16). The molecule has 0 bridgehead atoms. The maximum absolute atomic E-state index is 11.5. The van der Waals surface area contributed by atoms with Crippen LogP contribution in [0, 0.1) is 0 Å². The van der Waals surface area contributed by atoms with Crippen LogP contribution in [0.2, 0.25) is 0 Å². The van der Waals surface area contributed by atoms with Crippen LogP contribution in [0.4, 0.5) is 0 Å². The molecule has 96 valence electrons. The largest absolute Gasteiger partial charge is 0.469 e. The summed E-state index contributed by atoms with van der Waals surface area (Å²) < 4.78 is 6.40. The third kappa shape index (κ3) is 7.41. The van der Waals surface area contributed by atoms with Crippen molar-refractivity contribution < 1.29 is 9.21 Å². The molecular weight excluding hydrogens is 329 g/mol. The Morgan fingerprint density at radius 3 is 2.82 bits per heavy atom. The predicted molar refractivity (Wildman–Crippen MR) is 77.4 cm³/mol. The molecular formula is C13H20INO2. The molecule has 3 nitrogen and oxygen atoms in total. The van der Waals surface area contributed by atoms with Gasteiger partial charge >= 0.3 is 0 Å². The first kappa shape index (κ1) is 14.5. The van der Waals surface area contributed by atoms with E-state index in [1.807, 2.05) is 12.1 Å². The molecule has 17 heavy (non-hydrogen) atoms. The molecule has 0 unspecified atom stereocenters. The SMILES string of the molecule is O=C(CCc1ccco1)NCCCCCCI. The molecule has 0 aliphatic rings. The third-order valence-electron chi connectivity index (χ3n) is 2.56. The molecule has 1 rings (SSSR count). The van der Waals surface area contributed by atoms with Gasteiger partial charge in [0.25, 0.3) is 0 Å². The molecule has 0 aromatic carbocycles. The van der Waals surface area contributed by atoms with Crippen LogP contribution in [0.3, 0.4) is 0 Å². The van der Waals surface area contributed by atoms with Crippen LogP contribution in [0.1, 0.15) is 37.9 Å². The zero-order valence-corrected chi connectivity index (χ0v) is 12.2. The molecule has 0 atom stereocenters. The second kappa shape index (κ2) is 9.50. The van der Waals surface area contributed by atoms with Crippen molar-refractivity contribution in [2.24, 2.45) is 0 Å². The van der Waals surface area contributed by atoms with E-state index < -0.39 is 0 Å². The zero-order valence-electron chi connectivity index (χ0n) is 10.1. The fourth-order valence-corrected chi connectivity index (χ4v) is 2.12. The van der Waals surface area contributed by atoms with Gasteiger partial charge in [0, 0.05) is 19.4 Å². The summed E-state index contributed by atoms with van der Waals surface area (Å²) in [6, 6.07) is 3.75. The topological polar surface area (TPSA) is 42.2 Å². The lowest BCUT2D eigenvalue weighted by atomic mass is 10.2. The van der Waals surface area contributed by atoms with Crippen LogP contribution in [0.15, 0.2) is 22.8 Å². The predicted octanol–water partition coefficient (Wildman–Crippen LogP) is 3.32. The maximum atomic E-state index is 11.5. The van der Waals surface area contributed by atoms with Crippen molar-refractivity contribution in [3.8, 4) is 0 Å². The number of unbranched alkanes of at least 4 members (excludes halogenated alkanes) is 3. The summed E-state index contributed by atoms with van der Waals surface area (Å²) in [5.41, 5.74) is 0. The molecule has 0 spiro atoms. The van der Waals surface area contributed by atoms with Gasteiger partial charge in [-0.1, -0.05) is 35.4 Å². The van der Waals surface area contributed by atoms with E-state index >= 15 is 0 Å². The normalized spacial score (nSPS) is 10.4. The highest BCUT2D eigenvalue weighted by molar-refractivity contribution is 14.1. The Bertz CT molecular complexity index is 298. The molecule has 0 saturated carbocycles. The van der Waals surface area contributed by atoms with Gasteiger partial charge in [0.15, 0.2) is 0 Å². The van der Waals surface area contributed by atoms with E-state index in [9.17, 15) is 4.79 Å². The van der Waals surface area contributed by atoms with Crippen LogP contribution in [-0.4, -0.2) is 16.9 Å². The number of amides is 1. The molecule has 1 heterocycles. The summed E-state index contributed by atoms with van der Waals surface area (Å²) in [7, 11) is 0. The molecule has 4 heteroatoms. The minimum Gasteiger partial charge on any atom is -0.469 e. The van der Waals surface area contributed by atoms with Crippen LogP contribution >= 0.6 is 22.6 Å². The first-order valence-electron chi connectivity index (χ1n) is 6.18. The number of carbonyl (C=O) groups excluding carboxylic acids is 1. The molecule has 0 aliphatic heterocycles. The first-order valence-corrected chi connectivity index (χ1v) is 7.70. The van der Waals surface area contributed by atoms with Crippen LogP contribution < -0.4 is 5.32 Å². The summed E-state index contributed by atoms with van der Waals surface area (Å²) in [5.74, 6) is 0.998. The Labute approximate surface area is 116 Å². The number of hydrogen-bond acceptors (Lipinski definition) is 2. The number of rotatable bonds is 9. The summed E-state index contributed by atoms with van der Waals surface area (Å²) >= 11 is 2.40. The molecule has 0 radical (unpaired) electrons. The van der Waals surface area contributed by atoms with Gasteiger partial charge in [0.2, 0.25) is 5.91 Å². The number of hydrogen-bond donors (Lipinski definition) is 1. The smallest absolute Gasteiger partial charge is 0.220 e. The maximum Gasteiger partial charge on any atom is 0.220 e. The van der Waals surface area contributed by atoms with Crippen LogP contribution in [0.5, 0.6) is 0 Å². The van der Waals surface area contributed by atoms with Gasteiger partial charge in [-0.25, -0.2) is 0 Å². The highest BCUT2D eigenvalue weighted by Gasteiger charge is 2.02. The molecule has 0 fully saturated rings. The van der Waals surface area contributed by atoms with Crippen molar-refractivity contribution in [2.45, 2.75) is 38.5 Å². The van der Waals surface area contributed by atoms with E-state index in [1.54, 1.807) is 6.26 Å². The Morgan fingerprint density at radius 2 is 2.12 bits per heavy atom. The lowest BCUT2D eigenvalue weighted by Crippen LogP contribution is -2.24. The molecule has 0 saturated heterocycles. The fraction of sp³-hybridized carbons (Fsp3) is 0.615. The Kier molecular flexibility index (Phi) is 8.13. The second-order valence-corrected chi connectivity index (χ2v) is 5.11. The van der Waals surface area contributed by atoms with Gasteiger partial charge in [0.05, 0.1) is 6.26 Å². The fourth-order valence-electron chi connectivity index (χ4n) is 1.58. The summed E-state index contributed by atoms with van der Waals surface area (Å²) in [4.78, 5) is 11.5. The van der Waals surface area contributed by atoms with Crippen molar-refractivity contribution in [1.29, 1.82) is 0 Å². The number of nitrogens with one attached hydrogen (secondary N) is 1.